The second-order valence-corrected chi connectivity index (χ2v) is 8.06. The van der Waals surface area contributed by atoms with Crippen molar-refractivity contribution in [2.45, 2.75) is 31.8 Å². The Morgan fingerprint density at radius 1 is 1.10 bits per heavy atom. The number of halogens is 1. The molecule has 0 bridgehead atoms. The van der Waals surface area contributed by atoms with E-state index in [4.69, 9.17) is 16.3 Å². The summed E-state index contributed by atoms with van der Waals surface area (Å²) in [6.45, 7) is 0. The fourth-order valence-electron chi connectivity index (χ4n) is 3.90. The van der Waals surface area contributed by atoms with Crippen LogP contribution in [-0.2, 0) is 0 Å². The number of fused-ring (bicyclic) bond motifs is 1. The van der Waals surface area contributed by atoms with E-state index in [1.807, 2.05) is 48.5 Å². The Kier molecular flexibility index (Phi) is 5.30. The van der Waals surface area contributed by atoms with Crippen molar-refractivity contribution in [2.24, 2.45) is 0 Å². The molecule has 0 aliphatic heterocycles. The van der Waals surface area contributed by atoms with Crippen LogP contribution in [0.15, 0.2) is 67.0 Å². The van der Waals surface area contributed by atoms with Crippen molar-refractivity contribution in [1.82, 2.24) is 14.6 Å². The zero-order chi connectivity index (χ0) is 21.2. The lowest BCUT2D eigenvalue weighted by molar-refractivity contribution is 0.102. The summed E-state index contributed by atoms with van der Waals surface area (Å²) in [5.74, 6) is 0.385. The number of hydrogen-bond donors (Lipinski definition) is 1. The Balaban J connectivity index is 1.42. The zero-order valence-corrected chi connectivity index (χ0v) is 17.5. The second-order valence-electron chi connectivity index (χ2n) is 7.62. The molecule has 7 heteroatoms. The first-order valence-electron chi connectivity index (χ1n) is 10.3. The van der Waals surface area contributed by atoms with Crippen molar-refractivity contribution in [2.75, 3.05) is 5.32 Å². The van der Waals surface area contributed by atoms with Gasteiger partial charge in [0.15, 0.2) is 5.65 Å². The molecule has 0 radical (unpaired) electrons. The minimum absolute atomic E-state index is 0.208. The van der Waals surface area contributed by atoms with Gasteiger partial charge in [0.05, 0.1) is 18.0 Å². The van der Waals surface area contributed by atoms with Crippen molar-refractivity contribution < 1.29 is 9.53 Å². The molecule has 1 aliphatic rings. The maximum atomic E-state index is 13.0. The molecule has 6 nitrogen and oxygen atoms in total. The molecule has 2 aromatic carbocycles. The first kappa shape index (κ1) is 19.6. The van der Waals surface area contributed by atoms with E-state index in [-0.39, 0.29) is 12.0 Å². The van der Waals surface area contributed by atoms with Crippen LogP contribution >= 0.6 is 11.6 Å². The second kappa shape index (κ2) is 8.40. The molecule has 1 fully saturated rings. The largest absolute Gasteiger partial charge is 0.488 e. The standard InChI is InChI=1S/C24H21ClN4O2/c25-17-7-5-6-16(14-17)19-15-26-29-13-12-21(27-23(19)29)24(30)28-20-10-3-4-11-22(20)31-18-8-1-2-9-18/h3-7,10-15,18H,1-2,8-9H2,(H,28,30). The van der Waals surface area contributed by atoms with Crippen LogP contribution in [0.1, 0.15) is 36.2 Å². The highest BCUT2D eigenvalue weighted by Gasteiger charge is 2.19. The normalized spacial score (nSPS) is 14.1. The Hall–Kier alpha value is -3.38. The molecule has 1 saturated carbocycles. The van der Waals surface area contributed by atoms with Gasteiger partial charge in [0.2, 0.25) is 0 Å². The number of carbonyl (C=O) groups is 1. The molecule has 2 aromatic heterocycles. The smallest absolute Gasteiger partial charge is 0.274 e. The average Bonchev–Trinajstić information content (AvgIpc) is 3.44. The molecule has 1 N–H and O–H groups in total. The van der Waals surface area contributed by atoms with Gasteiger partial charge in [-0.1, -0.05) is 35.9 Å². The minimum Gasteiger partial charge on any atom is -0.488 e. The van der Waals surface area contributed by atoms with Crippen molar-refractivity contribution in [3.8, 4) is 16.9 Å². The van der Waals surface area contributed by atoms with Gasteiger partial charge in [-0.05, 0) is 61.6 Å². The quantitative estimate of drug-likeness (QED) is 0.444. The fraction of sp³-hybridized carbons (Fsp3) is 0.208. The number of para-hydroxylation sites is 2. The number of ether oxygens (including phenoxy) is 1. The molecule has 5 rings (SSSR count). The van der Waals surface area contributed by atoms with Gasteiger partial charge in [0.25, 0.3) is 5.91 Å². The number of nitrogens with zero attached hydrogens (tertiary/aromatic N) is 3. The van der Waals surface area contributed by atoms with E-state index in [1.165, 1.54) is 12.8 Å². The molecule has 0 atom stereocenters. The van der Waals surface area contributed by atoms with Gasteiger partial charge in [0, 0.05) is 16.8 Å². The summed E-state index contributed by atoms with van der Waals surface area (Å²) in [5, 5.41) is 7.92. The summed E-state index contributed by atoms with van der Waals surface area (Å²) in [7, 11) is 0. The summed E-state index contributed by atoms with van der Waals surface area (Å²) < 4.78 is 7.77. The van der Waals surface area contributed by atoms with Gasteiger partial charge >= 0.3 is 0 Å². The molecule has 4 aromatic rings. The van der Waals surface area contributed by atoms with E-state index in [0.29, 0.717) is 27.8 Å². The van der Waals surface area contributed by atoms with Crippen LogP contribution in [0.4, 0.5) is 5.69 Å². The first-order valence-corrected chi connectivity index (χ1v) is 10.7. The van der Waals surface area contributed by atoms with Crippen molar-refractivity contribution in [3.05, 3.63) is 77.7 Å². The van der Waals surface area contributed by atoms with Gasteiger partial charge in [-0.15, -0.1) is 0 Å². The van der Waals surface area contributed by atoms with Gasteiger partial charge in [-0.3, -0.25) is 4.79 Å². The Morgan fingerprint density at radius 3 is 2.77 bits per heavy atom. The van der Waals surface area contributed by atoms with Crippen molar-refractivity contribution in [3.63, 3.8) is 0 Å². The molecule has 2 heterocycles. The zero-order valence-electron chi connectivity index (χ0n) is 16.8. The number of carbonyl (C=O) groups excluding carboxylic acids is 1. The molecular formula is C24H21ClN4O2. The SMILES string of the molecule is O=C(Nc1ccccc1OC1CCCC1)c1ccn2ncc(-c3cccc(Cl)c3)c2n1. The Morgan fingerprint density at radius 2 is 1.94 bits per heavy atom. The van der Waals surface area contributed by atoms with Crippen LogP contribution in [-0.4, -0.2) is 26.6 Å². The number of rotatable bonds is 5. The van der Waals surface area contributed by atoms with Gasteiger partial charge < -0.3 is 10.1 Å². The molecule has 0 spiro atoms. The van der Waals surface area contributed by atoms with E-state index in [2.05, 4.69) is 15.4 Å². The molecule has 1 amide bonds. The van der Waals surface area contributed by atoms with E-state index in [0.717, 1.165) is 24.0 Å². The molecule has 31 heavy (non-hydrogen) atoms. The topological polar surface area (TPSA) is 68.5 Å². The van der Waals surface area contributed by atoms with Crippen LogP contribution in [0.2, 0.25) is 5.02 Å². The average molecular weight is 433 g/mol. The van der Waals surface area contributed by atoms with Gasteiger partial charge in [0.1, 0.15) is 11.4 Å². The fourth-order valence-corrected chi connectivity index (χ4v) is 4.09. The Labute approximate surface area is 184 Å². The Bertz CT molecular complexity index is 1250. The maximum absolute atomic E-state index is 13.0. The molecule has 156 valence electrons. The van der Waals surface area contributed by atoms with Crippen LogP contribution in [0, 0.1) is 0 Å². The summed E-state index contributed by atoms with van der Waals surface area (Å²) in [6.07, 6.45) is 8.13. The summed E-state index contributed by atoms with van der Waals surface area (Å²) in [5.41, 5.74) is 3.23. The number of amides is 1. The van der Waals surface area contributed by atoms with E-state index < -0.39 is 0 Å². The third-order valence-electron chi connectivity index (χ3n) is 5.47. The third-order valence-corrected chi connectivity index (χ3v) is 5.70. The highest BCUT2D eigenvalue weighted by molar-refractivity contribution is 6.30. The van der Waals surface area contributed by atoms with Crippen molar-refractivity contribution in [1.29, 1.82) is 0 Å². The lowest BCUT2D eigenvalue weighted by Crippen LogP contribution is -2.17. The lowest BCUT2D eigenvalue weighted by atomic mass is 10.1. The van der Waals surface area contributed by atoms with Gasteiger partial charge in [-0.2, -0.15) is 5.10 Å². The number of benzene rings is 2. The van der Waals surface area contributed by atoms with Crippen LogP contribution in [0.5, 0.6) is 5.75 Å². The number of hydrogen-bond acceptors (Lipinski definition) is 4. The molecule has 1 aliphatic carbocycles. The third kappa shape index (κ3) is 4.11. The maximum Gasteiger partial charge on any atom is 0.274 e. The van der Waals surface area contributed by atoms with E-state index in [1.54, 1.807) is 23.0 Å². The number of aromatic nitrogens is 3. The predicted molar refractivity (Wildman–Crippen MR) is 121 cm³/mol. The summed E-state index contributed by atoms with van der Waals surface area (Å²) in [4.78, 5) is 17.6. The number of anilines is 1. The highest BCUT2D eigenvalue weighted by atomic mass is 35.5. The lowest BCUT2D eigenvalue weighted by Gasteiger charge is -2.16. The van der Waals surface area contributed by atoms with Gasteiger partial charge in [-0.25, -0.2) is 9.50 Å². The number of nitrogens with one attached hydrogen (secondary N) is 1. The highest BCUT2D eigenvalue weighted by Crippen LogP contribution is 2.30. The van der Waals surface area contributed by atoms with Crippen molar-refractivity contribution >= 4 is 28.8 Å². The monoisotopic (exact) mass is 432 g/mol. The first-order chi connectivity index (χ1) is 15.2. The molecular weight excluding hydrogens is 412 g/mol. The predicted octanol–water partition coefficient (Wildman–Crippen LogP) is 5.62. The minimum atomic E-state index is -0.303. The molecule has 0 saturated heterocycles. The van der Waals surface area contributed by atoms with Crippen LogP contribution in [0.3, 0.4) is 0 Å². The summed E-state index contributed by atoms with van der Waals surface area (Å²) >= 11 is 6.14. The van der Waals surface area contributed by atoms with Crippen LogP contribution < -0.4 is 10.1 Å². The van der Waals surface area contributed by atoms with E-state index >= 15 is 0 Å². The molecule has 0 unspecified atom stereocenters. The summed E-state index contributed by atoms with van der Waals surface area (Å²) in [6, 6.07) is 16.6. The van der Waals surface area contributed by atoms with Crippen LogP contribution in [0.25, 0.3) is 16.8 Å². The van der Waals surface area contributed by atoms with E-state index in [9.17, 15) is 4.79 Å².